The summed E-state index contributed by atoms with van der Waals surface area (Å²) < 4.78 is 42.7. The van der Waals surface area contributed by atoms with Crippen LogP contribution in [0.3, 0.4) is 0 Å². The van der Waals surface area contributed by atoms with Gasteiger partial charge in [0.1, 0.15) is 11.9 Å². The predicted octanol–water partition coefficient (Wildman–Crippen LogP) is 5.88. The number of nitrogens with one attached hydrogen (secondary N) is 1. The Bertz CT molecular complexity index is 1400. The number of fused-ring (bicyclic) bond motifs is 1. The third-order valence-corrected chi connectivity index (χ3v) is 6.22. The zero-order valence-corrected chi connectivity index (χ0v) is 17.9. The van der Waals surface area contributed by atoms with Gasteiger partial charge in [-0.25, -0.2) is 18.2 Å². The van der Waals surface area contributed by atoms with E-state index in [0.717, 1.165) is 30.4 Å². The van der Waals surface area contributed by atoms with E-state index in [1.165, 1.54) is 19.3 Å². The molecule has 5 rings (SSSR count). The molecule has 0 amide bonds. The van der Waals surface area contributed by atoms with E-state index in [1.54, 1.807) is 6.92 Å². The lowest BCUT2D eigenvalue weighted by molar-refractivity contribution is 0.498. The summed E-state index contributed by atoms with van der Waals surface area (Å²) in [4.78, 5) is 6.61. The molecule has 0 radical (unpaired) electrons. The van der Waals surface area contributed by atoms with Crippen molar-refractivity contribution >= 4 is 16.7 Å². The highest BCUT2D eigenvalue weighted by molar-refractivity contribution is 5.97. The standard InChI is InChI=1S/C25H20F3N5/c1-14-17(13-29)24(21-18(26)9-10-19(27)22(21)28)30-25-20(14)23(31-32-25)15-5-7-16(8-6-15)33-11-3-2-4-12-33/h5-10H,2-4,11-12H2,1H3,(H,30,31,32). The summed E-state index contributed by atoms with van der Waals surface area (Å²) in [5.41, 5.74) is 2.34. The molecule has 1 fully saturated rings. The molecule has 0 atom stereocenters. The van der Waals surface area contributed by atoms with Gasteiger partial charge in [0.15, 0.2) is 17.3 Å². The smallest absolute Gasteiger partial charge is 0.182 e. The van der Waals surface area contributed by atoms with E-state index >= 15 is 0 Å². The number of rotatable bonds is 3. The first-order valence-corrected chi connectivity index (χ1v) is 10.8. The molecule has 1 aliphatic heterocycles. The Balaban J connectivity index is 1.63. The van der Waals surface area contributed by atoms with Gasteiger partial charge in [0.05, 0.1) is 27.9 Å². The highest BCUT2D eigenvalue weighted by atomic mass is 19.2. The Morgan fingerprint density at radius 1 is 0.970 bits per heavy atom. The fraction of sp³-hybridized carbons (Fsp3) is 0.240. The molecule has 3 heterocycles. The molecule has 166 valence electrons. The lowest BCUT2D eigenvalue weighted by atomic mass is 9.97. The van der Waals surface area contributed by atoms with Gasteiger partial charge >= 0.3 is 0 Å². The quantitative estimate of drug-likeness (QED) is 0.398. The highest BCUT2D eigenvalue weighted by Gasteiger charge is 2.25. The second-order valence-corrected chi connectivity index (χ2v) is 8.18. The average Bonchev–Trinajstić information content (AvgIpc) is 3.27. The van der Waals surface area contributed by atoms with E-state index in [9.17, 15) is 18.4 Å². The summed E-state index contributed by atoms with van der Waals surface area (Å²) in [6, 6.07) is 11.5. The topological polar surface area (TPSA) is 68.6 Å². The van der Waals surface area contributed by atoms with Crippen LogP contribution in [0.4, 0.5) is 18.9 Å². The second kappa shape index (κ2) is 8.24. The molecule has 0 bridgehead atoms. The molecule has 1 saturated heterocycles. The van der Waals surface area contributed by atoms with Gasteiger partial charge in [-0.1, -0.05) is 12.1 Å². The minimum absolute atomic E-state index is 0.0292. The molecule has 4 aromatic rings. The average molecular weight is 447 g/mol. The van der Waals surface area contributed by atoms with Crippen molar-refractivity contribution in [2.24, 2.45) is 0 Å². The fourth-order valence-electron chi connectivity index (χ4n) is 4.49. The summed E-state index contributed by atoms with van der Waals surface area (Å²) >= 11 is 0. The zero-order valence-electron chi connectivity index (χ0n) is 17.9. The summed E-state index contributed by atoms with van der Waals surface area (Å²) in [6.07, 6.45) is 3.63. The summed E-state index contributed by atoms with van der Waals surface area (Å²) in [7, 11) is 0. The number of aromatic nitrogens is 3. The summed E-state index contributed by atoms with van der Waals surface area (Å²) in [6.45, 7) is 3.75. The Hall–Kier alpha value is -3.86. The maximum atomic E-state index is 14.5. The van der Waals surface area contributed by atoms with Crippen LogP contribution in [0.15, 0.2) is 36.4 Å². The van der Waals surface area contributed by atoms with Crippen molar-refractivity contribution in [3.8, 4) is 28.6 Å². The summed E-state index contributed by atoms with van der Waals surface area (Å²) in [5.74, 6) is -3.60. The number of anilines is 1. The maximum Gasteiger partial charge on any atom is 0.182 e. The number of aryl methyl sites for hydroxylation is 1. The van der Waals surface area contributed by atoms with Gasteiger partial charge in [0.25, 0.3) is 0 Å². The minimum Gasteiger partial charge on any atom is -0.372 e. The zero-order chi connectivity index (χ0) is 23.1. The third-order valence-electron chi connectivity index (χ3n) is 6.22. The molecule has 5 nitrogen and oxygen atoms in total. The number of hydrogen-bond acceptors (Lipinski definition) is 4. The molecule has 0 unspecified atom stereocenters. The van der Waals surface area contributed by atoms with Crippen LogP contribution in [-0.4, -0.2) is 28.3 Å². The van der Waals surface area contributed by atoms with Crippen LogP contribution < -0.4 is 4.90 Å². The molecule has 2 aromatic heterocycles. The van der Waals surface area contributed by atoms with Crippen molar-refractivity contribution in [3.63, 3.8) is 0 Å². The van der Waals surface area contributed by atoms with E-state index in [0.29, 0.717) is 22.7 Å². The van der Waals surface area contributed by atoms with Crippen LogP contribution in [0.2, 0.25) is 0 Å². The monoisotopic (exact) mass is 447 g/mol. The molecule has 1 aliphatic rings. The van der Waals surface area contributed by atoms with Crippen molar-refractivity contribution in [1.29, 1.82) is 5.26 Å². The van der Waals surface area contributed by atoms with Crippen LogP contribution in [-0.2, 0) is 0 Å². The third kappa shape index (κ3) is 3.50. The first-order chi connectivity index (χ1) is 16.0. The first kappa shape index (κ1) is 21.0. The number of nitrogens with zero attached hydrogens (tertiary/aromatic N) is 4. The molecule has 0 saturated carbocycles. The molecule has 8 heteroatoms. The minimum atomic E-state index is -1.39. The number of piperidine rings is 1. The molecular formula is C25H20F3N5. The molecule has 1 N–H and O–H groups in total. The van der Waals surface area contributed by atoms with Crippen molar-refractivity contribution in [3.05, 3.63) is 65.0 Å². The molecular weight excluding hydrogens is 427 g/mol. The number of halogens is 3. The van der Waals surface area contributed by atoms with Crippen molar-refractivity contribution in [2.45, 2.75) is 26.2 Å². The number of H-pyrrole nitrogens is 1. The van der Waals surface area contributed by atoms with Crippen LogP contribution in [0, 0.1) is 35.7 Å². The normalized spacial score (nSPS) is 14.0. The predicted molar refractivity (Wildman–Crippen MR) is 120 cm³/mol. The van der Waals surface area contributed by atoms with Gasteiger partial charge in [-0.05, 0) is 56.0 Å². The van der Waals surface area contributed by atoms with Gasteiger partial charge in [-0.15, -0.1) is 0 Å². The SMILES string of the molecule is Cc1c(C#N)c(-c2c(F)ccc(F)c2F)nc2n[nH]c(-c3ccc(N4CCCCC4)cc3)c12. The molecule has 0 aliphatic carbocycles. The largest absolute Gasteiger partial charge is 0.372 e. The van der Waals surface area contributed by atoms with Gasteiger partial charge < -0.3 is 4.90 Å². The van der Waals surface area contributed by atoms with E-state index in [2.05, 4.69) is 20.1 Å². The number of aromatic amines is 1. The molecule has 0 spiro atoms. The van der Waals surface area contributed by atoms with Crippen LogP contribution in [0.1, 0.15) is 30.4 Å². The first-order valence-electron chi connectivity index (χ1n) is 10.8. The fourth-order valence-corrected chi connectivity index (χ4v) is 4.49. The second-order valence-electron chi connectivity index (χ2n) is 8.18. The lowest BCUT2D eigenvalue weighted by Crippen LogP contribution is -2.29. The molecule has 33 heavy (non-hydrogen) atoms. The number of hydrogen-bond donors (Lipinski definition) is 1. The number of nitriles is 1. The van der Waals surface area contributed by atoms with Gasteiger partial charge in [-0.2, -0.15) is 10.4 Å². The van der Waals surface area contributed by atoms with Gasteiger partial charge in [-0.3, -0.25) is 5.10 Å². The van der Waals surface area contributed by atoms with Crippen molar-refractivity contribution < 1.29 is 13.2 Å². The van der Waals surface area contributed by atoms with Gasteiger partial charge in [0.2, 0.25) is 0 Å². The van der Waals surface area contributed by atoms with Gasteiger partial charge in [0, 0.05) is 24.3 Å². The van der Waals surface area contributed by atoms with E-state index in [4.69, 9.17) is 0 Å². The number of pyridine rings is 1. The Morgan fingerprint density at radius 3 is 2.36 bits per heavy atom. The number of benzene rings is 2. The summed E-state index contributed by atoms with van der Waals surface area (Å²) in [5, 5.41) is 17.5. The van der Waals surface area contributed by atoms with E-state index in [-0.39, 0.29) is 16.9 Å². The van der Waals surface area contributed by atoms with Crippen LogP contribution in [0.25, 0.3) is 33.5 Å². The Morgan fingerprint density at radius 2 is 1.67 bits per heavy atom. The maximum absolute atomic E-state index is 14.5. The van der Waals surface area contributed by atoms with Crippen molar-refractivity contribution in [1.82, 2.24) is 15.2 Å². The van der Waals surface area contributed by atoms with Crippen LogP contribution >= 0.6 is 0 Å². The highest BCUT2D eigenvalue weighted by Crippen LogP contribution is 2.36. The molecule has 2 aromatic carbocycles. The van der Waals surface area contributed by atoms with E-state index in [1.807, 2.05) is 30.3 Å². The lowest BCUT2D eigenvalue weighted by Gasteiger charge is -2.28. The Labute approximate surface area is 188 Å². The van der Waals surface area contributed by atoms with Crippen LogP contribution in [0.5, 0.6) is 0 Å². The van der Waals surface area contributed by atoms with E-state index < -0.39 is 23.0 Å². The van der Waals surface area contributed by atoms with Crippen molar-refractivity contribution in [2.75, 3.05) is 18.0 Å². The Kier molecular flexibility index (Phi) is 5.25.